The number of hydrogen-bond acceptors (Lipinski definition) is 2. The summed E-state index contributed by atoms with van der Waals surface area (Å²) >= 11 is 0. The maximum atomic E-state index is 12.4. The van der Waals surface area contributed by atoms with Crippen molar-refractivity contribution >= 4 is 22.8 Å². The van der Waals surface area contributed by atoms with Crippen molar-refractivity contribution in [1.82, 2.24) is 9.88 Å². The third kappa shape index (κ3) is 2.84. The van der Waals surface area contributed by atoms with E-state index in [2.05, 4.69) is 4.98 Å². The van der Waals surface area contributed by atoms with E-state index in [1.807, 2.05) is 30.5 Å². The normalized spacial score (nSPS) is 18.5. The fraction of sp³-hybridized carbons (Fsp3) is 0.412. The van der Waals surface area contributed by atoms with Crippen molar-refractivity contribution in [3.05, 3.63) is 36.0 Å². The lowest BCUT2D eigenvalue weighted by molar-refractivity contribution is -0.152. The van der Waals surface area contributed by atoms with E-state index < -0.39 is 12.0 Å². The van der Waals surface area contributed by atoms with Crippen molar-refractivity contribution < 1.29 is 14.7 Å². The van der Waals surface area contributed by atoms with Gasteiger partial charge in [0.25, 0.3) is 0 Å². The average Bonchev–Trinajstić information content (AvgIpc) is 2.96. The zero-order valence-corrected chi connectivity index (χ0v) is 12.4. The number of carboxylic acid groups (broad SMARTS) is 1. The maximum absolute atomic E-state index is 12.4. The van der Waals surface area contributed by atoms with E-state index in [1.54, 1.807) is 4.90 Å². The number of nitrogens with one attached hydrogen (secondary N) is 1. The predicted molar refractivity (Wildman–Crippen MR) is 83.6 cm³/mol. The minimum atomic E-state index is -0.889. The average molecular weight is 300 g/mol. The Kier molecular flexibility index (Phi) is 4.13. The number of aromatic amines is 1. The van der Waals surface area contributed by atoms with E-state index >= 15 is 0 Å². The van der Waals surface area contributed by atoms with Crippen LogP contribution in [0.15, 0.2) is 30.5 Å². The van der Waals surface area contributed by atoms with Gasteiger partial charge in [-0.25, -0.2) is 4.79 Å². The molecule has 1 aliphatic heterocycles. The van der Waals surface area contributed by atoms with Gasteiger partial charge < -0.3 is 15.0 Å². The Balaban J connectivity index is 1.67. The fourth-order valence-electron chi connectivity index (χ4n) is 3.21. The first-order chi connectivity index (χ1) is 10.7. The summed E-state index contributed by atoms with van der Waals surface area (Å²) in [6.07, 6.45) is 5.25. The summed E-state index contributed by atoms with van der Waals surface area (Å²) in [5.41, 5.74) is 2.17. The Bertz CT molecular complexity index is 692. The largest absolute Gasteiger partial charge is 0.480 e. The van der Waals surface area contributed by atoms with Gasteiger partial charge in [0.1, 0.15) is 6.04 Å². The molecule has 0 saturated carbocycles. The van der Waals surface area contributed by atoms with Gasteiger partial charge in [-0.1, -0.05) is 18.2 Å². The number of carboxylic acids is 1. The number of likely N-dealkylation sites (tertiary alicyclic amines) is 1. The molecule has 2 N–H and O–H groups in total. The minimum Gasteiger partial charge on any atom is -0.480 e. The molecule has 1 aromatic heterocycles. The highest BCUT2D eigenvalue weighted by atomic mass is 16.4. The van der Waals surface area contributed by atoms with Crippen LogP contribution in [0.1, 0.15) is 31.2 Å². The number of para-hydroxylation sites is 1. The lowest BCUT2D eigenvalue weighted by Crippen LogP contribution is -2.48. The second-order valence-corrected chi connectivity index (χ2v) is 5.80. The molecule has 0 radical (unpaired) electrons. The van der Waals surface area contributed by atoms with Crippen LogP contribution in [0.4, 0.5) is 0 Å². The molecule has 0 bridgehead atoms. The number of rotatable bonds is 4. The number of fused-ring (bicyclic) bond motifs is 1. The number of aryl methyl sites for hydroxylation is 1. The molecule has 22 heavy (non-hydrogen) atoms. The predicted octanol–water partition coefficient (Wildman–Crippen LogP) is 2.57. The highest BCUT2D eigenvalue weighted by Gasteiger charge is 2.31. The van der Waals surface area contributed by atoms with E-state index in [1.165, 1.54) is 0 Å². The van der Waals surface area contributed by atoms with Crippen LogP contribution in [0.2, 0.25) is 0 Å². The number of carbonyl (C=O) groups excluding carboxylic acids is 1. The number of aromatic nitrogens is 1. The second kappa shape index (κ2) is 6.22. The standard InChI is InChI=1S/C17H20N2O3/c20-16(19-10-4-3-7-15(19)17(21)22)9-8-12-11-18-14-6-2-1-5-13(12)14/h1-2,5-6,11,15,18H,3-4,7-10H2,(H,21,22)/t15-/m1/s1. The number of aliphatic carboxylic acids is 1. The van der Waals surface area contributed by atoms with Crippen LogP contribution >= 0.6 is 0 Å². The Morgan fingerprint density at radius 2 is 2.09 bits per heavy atom. The number of H-pyrrole nitrogens is 1. The summed E-state index contributed by atoms with van der Waals surface area (Å²) in [5.74, 6) is -0.947. The number of benzene rings is 1. The first-order valence-corrected chi connectivity index (χ1v) is 7.74. The lowest BCUT2D eigenvalue weighted by atomic mass is 10.0. The molecule has 3 rings (SSSR count). The fourth-order valence-corrected chi connectivity index (χ4v) is 3.21. The van der Waals surface area contributed by atoms with Crippen LogP contribution in [-0.4, -0.2) is 39.5 Å². The van der Waals surface area contributed by atoms with Gasteiger partial charge in [-0.3, -0.25) is 4.79 Å². The van der Waals surface area contributed by atoms with Gasteiger partial charge in [-0.05, 0) is 37.3 Å². The second-order valence-electron chi connectivity index (χ2n) is 5.80. The van der Waals surface area contributed by atoms with Crippen molar-refractivity contribution in [1.29, 1.82) is 0 Å². The summed E-state index contributed by atoms with van der Waals surface area (Å²) in [6, 6.07) is 7.34. The zero-order chi connectivity index (χ0) is 15.5. The molecule has 1 saturated heterocycles. The number of nitrogens with zero attached hydrogens (tertiary/aromatic N) is 1. The highest BCUT2D eigenvalue weighted by molar-refractivity contribution is 5.86. The molecule has 5 heteroatoms. The molecule has 2 aromatic rings. The third-order valence-corrected chi connectivity index (χ3v) is 4.39. The molecule has 1 atom stereocenters. The first-order valence-electron chi connectivity index (χ1n) is 7.74. The molecule has 1 amide bonds. The highest BCUT2D eigenvalue weighted by Crippen LogP contribution is 2.22. The molecule has 0 spiro atoms. The van der Waals surface area contributed by atoms with Gasteiger partial charge in [0.15, 0.2) is 0 Å². The summed E-state index contributed by atoms with van der Waals surface area (Å²) in [6.45, 7) is 0.559. The molecule has 0 aliphatic carbocycles. The molecular weight excluding hydrogens is 280 g/mol. The van der Waals surface area contributed by atoms with Crippen LogP contribution in [0.5, 0.6) is 0 Å². The topological polar surface area (TPSA) is 73.4 Å². The quantitative estimate of drug-likeness (QED) is 0.911. The maximum Gasteiger partial charge on any atom is 0.326 e. The molecular formula is C17H20N2O3. The van der Waals surface area contributed by atoms with Crippen LogP contribution < -0.4 is 0 Å². The van der Waals surface area contributed by atoms with Gasteiger partial charge in [0, 0.05) is 30.1 Å². The molecule has 116 valence electrons. The van der Waals surface area contributed by atoms with Crippen LogP contribution in [-0.2, 0) is 16.0 Å². The summed E-state index contributed by atoms with van der Waals surface area (Å²) in [4.78, 5) is 28.4. The molecule has 1 fully saturated rings. The third-order valence-electron chi connectivity index (χ3n) is 4.39. The van der Waals surface area contributed by atoms with Gasteiger partial charge in [-0.2, -0.15) is 0 Å². The van der Waals surface area contributed by atoms with Crippen LogP contribution in [0, 0.1) is 0 Å². The van der Waals surface area contributed by atoms with Gasteiger partial charge in [0.05, 0.1) is 0 Å². The van der Waals surface area contributed by atoms with E-state index in [9.17, 15) is 14.7 Å². The Morgan fingerprint density at radius 1 is 1.27 bits per heavy atom. The van der Waals surface area contributed by atoms with E-state index in [0.29, 0.717) is 25.8 Å². The van der Waals surface area contributed by atoms with Crippen molar-refractivity contribution in [3.8, 4) is 0 Å². The Labute approximate surface area is 128 Å². The van der Waals surface area contributed by atoms with Crippen molar-refractivity contribution in [2.45, 2.75) is 38.1 Å². The minimum absolute atomic E-state index is 0.0580. The van der Waals surface area contributed by atoms with Gasteiger partial charge in [-0.15, -0.1) is 0 Å². The van der Waals surface area contributed by atoms with Gasteiger partial charge in [0.2, 0.25) is 5.91 Å². The molecule has 1 aromatic carbocycles. The molecule has 0 unspecified atom stereocenters. The molecule has 2 heterocycles. The Morgan fingerprint density at radius 3 is 2.91 bits per heavy atom. The molecule has 5 nitrogen and oxygen atoms in total. The monoisotopic (exact) mass is 300 g/mol. The Hall–Kier alpha value is -2.30. The first kappa shape index (κ1) is 14.6. The number of piperidine rings is 1. The smallest absolute Gasteiger partial charge is 0.326 e. The number of hydrogen-bond donors (Lipinski definition) is 2. The van der Waals surface area contributed by atoms with Gasteiger partial charge >= 0.3 is 5.97 Å². The van der Waals surface area contributed by atoms with Crippen molar-refractivity contribution in [2.24, 2.45) is 0 Å². The summed E-state index contributed by atoms with van der Waals surface area (Å²) < 4.78 is 0. The summed E-state index contributed by atoms with van der Waals surface area (Å²) in [5, 5.41) is 10.4. The van der Waals surface area contributed by atoms with E-state index in [-0.39, 0.29) is 5.91 Å². The van der Waals surface area contributed by atoms with Crippen molar-refractivity contribution in [2.75, 3.05) is 6.54 Å². The zero-order valence-electron chi connectivity index (χ0n) is 12.4. The lowest BCUT2D eigenvalue weighted by Gasteiger charge is -2.33. The molecule has 1 aliphatic rings. The van der Waals surface area contributed by atoms with E-state index in [0.717, 1.165) is 29.3 Å². The number of carbonyl (C=O) groups is 2. The van der Waals surface area contributed by atoms with Crippen LogP contribution in [0.3, 0.4) is 0 Å². The summed E-state index contributed by atoms with van der Waals surface area (Å²) in [7, 11) is 0. The van der Waals surface area contributed by atoms with Crippen molar-refractivity contribution in [3.63, 3.8) is 0 Å². The SMILES string of the molecule is O=C(O)[C@H]1CCCCN1C(=O)CCc1c[nH]c2ccccc12. The van der Waals surface area contributed by atoms with E-state index in [4.69, 9.17) is 0 Å². The number of amides is 1. The van der Waals surface area contributed by atoms with Crippen LogP contribution in [0.25, 0.3) is 10.9 Å².